The van der Waals surface area contributed by atoms with Crippen LogP contribution in [0.15, 0.2) is 12.1 Å². The molecule has 1 aromatic rings. The van der Waals surface area contributed by atoms with E-state index in [1.807, 2.05) is 0 Å². The highest BCUT2D eigenvalue weighted by Gasteiger charge is 2.29. The van der Waals surface area contributed by atoms with Crippen LogP contribution in [-0.2, 0) is 10.2 Å². The minimum atomic E-state index is -0.979. The second-order valence-corrected chi connectivity index (χ2v) is 4.54. The minimum absolute atomic E-state index is 0.162. The molecule has 0 saturated heterocycles. The Labute approximate surface area is 93.5 Å². The monoisotopic (exact) mass is 226 g/mol. The average molecular weight is 226 g/mol. The maximum absolute atomic E-state index is 13.2. The highest BCUT2D eigenvalue weighted by molar-refractivity contribution is 5.69. The number of carboxylic acid groups (broad SMARTS) is 1. The molecule has 0 saturated carbocycles. The van der Waals surface area contributed by atoms with Gasteiger partial charge in [0.05, 0.1) is 6.42 Å². The van der Waals surface area contributed by atoms with Gasteiger partial charge in [-0.15, -0.1) is 0 Å². The summed E-state index contributed by atoms with van der Waals surface area (Å²) >= 11 is 0. The number of aromatic hydroxyl groups is 1. The smallest absolute Gasteiger partial charge is 0.304 e. The fourth-order valence-corrected chi connectivity index (χ4v) is 1.99. The molecule has 3 nitrogen and oxygen atoms in total. The number of carbonyl (C=O) groups is 1. The summed E-state index contributed by atoms with van der Waals surface area (Å²) in [6.45, 7) is 5.06. The first-order valence-corrected chi connectivity index (χ1v) is 4.96. The standard InChI is InChI=1S/C12H15FO3/c1-7-4-5-8(13)11(16)10(7)12(2,3)6-9(14)15/h4-5,16H,6H2,1-3H3,(H,14,15). The molecule has 1 rings (SSSR count). The first-order chi connectivity index (χ1) is 7.25. The van der Waals surface area contributed by atoms with Crippen LogP contribution in [0.1, 0.15) is 31.4 Å². The molecule has 0 aliphatic heterocycles. The van der Waals surface area contributed by atoms with Crippen molar-refractivity contribution in [3.8, 4) is 5.75 Å². The van der Waals surface area contributed by atoms with Gasteiger partial charge in [-0.2, -0.15) is 0 Å². The number of carboxylic acids is 1. The summed E-state index contributed by atoms with van der Waals surface area (Å²) in [4.78, 5) is 10.7. The number of benzene rings is 1. The van der Waals surface area contributed by atoms with Crippen molar-refractivity contribution in [3.63, 3.8) is 0 Å². The van der Waals surface area contributed by atoms with Gasteiger partial charge >= 0.3 is 5.97 Å². The summed E-state index contributed by atoms with van der Waals surface area (Å²) in [5.41, 5.74) is 0.238. The second kappa shape index (κ2) is 4.12. The van der Waals surface area contributed by atoms with E-state index in [1.165, 1.54) is 12.1 Å². The molecule has 16 heavy (non-hydrogen) atoms. The Morgan fingerprint density at radius 3 is 2.50 bits per heavy atom. The van der Waals surface area contributed by atoms with Crippen molar-refractivity contribution < 1.29 is 19.4 Å². The fraction of sp³-hybridized carbons (Fsp3) is 0.417. The number of rotatable bonds is 3. The molecule has 88 valence electrons. The molecule has 0 radical (unpaired) electrons. The van der Waals surface area contributed by atoms with Crippen LogP contribution in [0.25, 0.3) is 0 Å². The van der Waals surface area contributed by atoms with Crippen LogP contribution in [0.2, 0.25) is 0 Å². The quantitative estimate of drug-likeness (QED) is 0.832. The topological polar surface area (TPSA) is 57.5 Å². The van der Waals surface area contributed by atoms with E-state index in [2.05, 4.69) is 0 Å². The van der Waals surface area contributed by atoms with Gasteiger partial charge < -0.3 is 10.2 Å². The fourth-order valence-electron chi connectivity index (χ4n) is 1.99. The van der Waals surface area contributed by atoms with E-state index in [-0.39, 0.29) is 6.42 Å². The molecule has 0 aliphatic rings. The third-order valence-corrected chi connectivity index (χ3v) is 2.61. The molecule has 0 spiro atoms. The van der Waals surface area contributed by atoms with E-state index in [9.17, 15) is 14.3 Å². The van der Waals surface area contributed by atoms with Crippen LogP contribution in [0, 0.1) is 12.7 Å². The SMILES string of the molecule is Cc1ccc(F)c(O)c1C(C)(C)CC(=O)O. The van der Waals surface area contributed by atoms with Crippen LogP contribution in [-0.4, -0.2) is 16.2 Å². The van der Waals surface area contributed by atoms with Crippen LogP contribution >= 0.6 is 0 Å². The molecule has 0 aromatic heterocycles. The Hall–Kier alpha value is -1.58. The Bertz CT molecular complexity index is 425. The van der Waals surface area contributed by atoms with Gasteiger partial charge in [-0.1, -0.05) is 19.9 Å². The van der Waals surface area contributed by atoms with Crippen molar-refractivity contribution in [3.05, 3.63) is 29.1 Å². The summed E-state index contributed by atoms with van der Waals surface area (Å²) in [6, 6.07) is 2.71. The third-order valence-electron chi connectivity index (χ3n) is 2.61. The van der Waals surface area contributed by atoms with E-state index in [0.717, 1.165) is 0 Å². The van der Waals surface area contributed by atoms with Gasteiger partial charge in [0.15, 0.2) is 11.6 Å². The number of halogens is 1. The summed E-state index contributed by atoms with van der Waals surface area (Å²) in [5, 5.41) is 18.4. The largest absolute Gasteiger partial charge is 0.505 e. The van der Waals surface area contributed by atoms with Gasteiger partial charge in [0.2, 0.25) is 0 Å². The maximum Gasteiger partial charge on any atom is 0.304 e. The lowest BCUT2D eigenvalue weighted by Crippen LogP contribution is -2.23. The molecule has 2 N–H and O–H groups in total. The molecule has 0 amide bonds. The number of aliphatic carboxylic acids is 1. The van der Waals surface area contributed by atoms with Crippen molar-refractivity contribution in [2.75, 3.05) is 0 Å². The summed E-state index contributed by atoms with van der Waals surface area (Å²) in [7, 11) is 0. The van der Waals surface area contributed by atoms with Gasteiger partial charge in [-0.3, -0.25) is 4.79 Å². The molecule has 1 aromatic carbocycles. The summed E-state index contributed by atoms with van der Waals surface area (Å²) < 4.78 is 13.2. The Kier molecular flexibility index (Phi) is 3.21. The lowest BCUT2D eigenvalue weighted by atomic mass is 9.78. The predicted octanol–water partition coefficient (Wildman–Crippen LogP) is 2.59. The van der Waals surface area contributed by atoms with Crippen molar-refractivity contribution in [2.24, 2.45) is 0 Å². The molecule has 0 unspecified atom stereocenters. The Morgan fingerprint density at radius 2 is 2.00 bits per heavy atom. The van der Waals surface area contributed by atoms with Gasteiger partial charge in [0.1, 0.15) is 0 Å². The van der Waals surface area contributed by atoms with Crippen LogP contribution in [0.4, 0.5) is 4.39 Å². The third kappa shape index (κ3) is 2.32. The van der Waals surface area contributed by atoms with Crippen molar-refractivity contribution in [2.45, 2.75) is 32.6 Å². The first-order valence-electron chi connectivity index (χ1n) is 4.96. The van der Waals surface area contributed by atoms with Crippen molar-refractivity contribution in [1.29, 1.82) is 0 Å². The molecule has 0 atom stereocenters. The Morgan fingerprint density at radius 1 is 1.44 bits per heavy atom. The number of phenols is 1. The minimum Gasteiger partial charge on any atom is -0.505 e. The normalized spacial score (nSPS) is 11.5. The molecule has 0 heterocycles. The lowest BCUT2D eigenvalue weighted by Gasteiger charge is -2.26. The van der Waals surface area contributed by atoms with E-state index < -0.39 is 23.0 Å². The second-order valence-electron chi connectivity index (χ2n) is 4.54. The van der Waals surface area contributed by atoms with Crippen LogP contribution in [0.3, 0.4) is 0 Å². The molecule has 0 bridgehead atoms. The molecule has 4 heteroatoms. The average Bonchev–Trinajstić information content (AvgIpc) is 2.09. The Balaban J connectivity index is 3.31. The van der Waals surface area contributed by atoms with Gasteiger partial charge in [0, 0.05) is 11.0 Å². The van der Waals surface area contributed by atoms with E-state index in [1.54, 1.807) is 20.8 Å². The number of hydrogen-bond donors (Lipinski definition) is 2. The molecular formula is C12H15FO3. The summed E-state index contributed by atoms with van der Waals surface area (Å²) in [5.74, 6) is -2.15. The molecule has 0 fully saturated rings. The predicted molar refractivity (Wildman–Crippen MR) is 58.1 cm³/mol. The molecular weight excluding hydrogens is 211 g/mol. The van der Waals surface area contributed by atoms with E-state index >= 15 is 0 Å². The van der Waals surface area contributed by atoms with Crippen molar-refractivity contribution in [1.82, 2.24) is 0 Å². The van der Waals surface area contributed by atoms with Gasteiger partial charge in [-0.25, -0.2) is 4.39 Å². The van der Waals surface area contributed by atoms with Crippen LogP contribution in [0.5, 0.6) is 5.75 Å². The van der Waals surface area contributed by atoms with E-state index in [4.69, 9.17) is 5.11 Å². The van der Waals surface area contributed by atoms with E-state index in [0.29, 0.717) is 11.1 Å². The van der Waals surface area contributed by atoms with Gasteiger partial charge in [-0.05, 0) is 18.6 Å². The molecule has 0 aliphatic carbocycles. The highest BCUT2D eigenvalue weighted by Crippen LogP contribution is 2.37. The number of phenolic OH excluding ortho intramolecular Hbond substituents is 1. The van der Waals surface area contributed by atoms with Crippen LogP contribution < -0.4 is 0 Å². The summed E-state index contributed by atoms with van der Waals surface area (Å²) in [6.07, 6.45) is -0.162. The maximum atomic E-state index is 13.2. The van der Waals surface area contributed by atoms with Crippen molar-refractivity contribution >= 4 is 5.97 Å². The number of aryl methyl sites for hydroxylation is 1. The highest BCUT2D eigenvalue weighted by atomic mass is 19.1. The zero-order valence-electron chi connectivity index (χ0n) is 9.54. The zero-order chi connectivity index (χ0) is 12.5. The number of hydrogen-bond acceptors (Lipinski definition) is 2. The zero-order valence-corrected chi connectivity index (χ0v) is 9.54. The lowest BCUT2D eigenvalue weighted by molar-refractivity contribution is -0.138. The van der Waals surface area contributed by atoms with Gasteiger partial charge in [0.25, 0.3) is 0 Å². The first kappa shape index (κ1) is 12.5.